The minimum absolute atomic E-state index is 0.228. The molecule has 0 saturated heterocycles. The fourth-order valence-corrected chi connectivity index (χ4v) is 1.81. The molecule has 4 nitrogen and oxygen atoms in total. The minimum Gasteiger partial charge on any atom is -0.431 e. The zero-order chi connectivity index (χ0) is 13.9. The van der Waals surface area contributed by atoms with Crippen LogP contribution in [0.3, 0.4) is 0 Å². The first kappa shape index (κ1) is 13.3. The summed E-state index contributed by atoms with van der Waals surface area (Å²) in [5.41, 5.74) is 0.233. The van der Waals surface area contributed by atoms with Crippen molar-refractivity contribution in [2.75, 3.05) is 0 Å². The van der Waals surface area contributed by atoms with Gasteiger partial charge in [0.1, 0.15) is 17.2 Å². The van der Waals surface area contributed by atoms with Crippen molar-refractivity contribution >= 4 is 17.6 Å². The summed E-state index contributed by atoms with van der Waals surface area (Å²) in [4.78, 5) is 14.2. The van der Waals surface area contributed by atoms with Crippen molar-refractivity contribution in [1.29, 1.82) is 0 Å². The number of ether oxygens (including phenoxy) is 2. The molecule has 2 rings (SSSR count). The van der Waals surface area contributed by atoms with Gasteiger partial charge in [0.25, 0.3) is 5.19 Å². The Morgan fingerprint density at radius 3 is 2.32 bits per heavy atom. The van der Waals surface area contributed by atoms with Crippen LogP contribution in [0, 0.1) is 0 Å². The Morgan fingerprint density at radius 2 is 1.79 bits per heavy atom. The maximum Gasteiger partial charge on any atom is 0.573 e. The molecule has 1 aromatic heterocycles. The Balaban J connectivity index is 2.04. The van der Waals surface area contributed by atoms with E-state index in [1.807, 2.05) is 0 Å². The lowest BCUT2D eigenvalue weighted by Crippen LogP contribution is -2.16. The van der Waals surface area contributed by atoms with Gasteiger partial charge in [-0.1, -0.05) is 11.3 Å². The fourth-order valence-electron chi connectivity index (χ4n) is 1.18. The van der Waals surface area contributed by atoms with Gasteiger partial charge in [-0.05, 0) is 24.3 Å². The summed E-state index contributed by atoms with van der Waals surface area (Å²) < 4.78 is 44.8. The van der Waals surface area contributed by atoms with E-state index in [0.29, 0.717) is 12.0 Å². The Morgan fingerprint density at radius 1 is 1.16 bits per heavy atom. The van der Waals surface area contributed by atoms with Crippen molar-refractivity contribution in [3.05, 3.63) is 35.3 Å². The number of rotatable bonds is 4. The molecular formula is C11H6F3NO3S. The van der Waals surface area contributed by atoms with Crippen molar-refractivity contribution in [2.45, 2.75) is 6.36 Å². The second-order valence-electron chi connectivity index (χ2n) is 3.28. The zero-order valence-corrected chi connectivity index (χ0v) is 9.99. The Kier molecular flexibility index (Phi) is 3.70. The van der Waals surface area contributed by atoms with Gasteiger partial charge in [0.2, 0.25) is 0 Å². The number of hydrogen-bond donors (Lipinski definition) is 0. The molecule has 0 aliphatic rings. The standard InChI is InChI=1S/C11H6F3NO3S/c12-11(13,14)18-9-3-1-8(2-4-9)17-10-15-7(5-16)6-19-10/h1-6H. The van der Waals surface area contributed by atoms with Gasteiger partial charge in [0.05, 0.1) is 0 Å². The van der Waals surface area contributed by atoms with Gasteiger partial charge in [-0.2, -0.15) is 4.98 Å². The first-order valence-electron chi connectivity index (χ1n) is 4.90. The van der Waals surface area contributed by atoms with Gasteiger partial charge in [-0.15, -0.1) is 13.2 Å². The predicted octanol–water partition coefficient (Wildman–Crippen LogP) is 3.65. The number of nitrogens with zero attached hydrogens (tertiary/aromatic N) is 1. The third-order valence-electron chi connectivity index (χ3n) is 1.88. The molecular weight excluding hydrogens is 283 g/mol. The van der Waals surface area contributed by atoms with Crippen LogP contribution in [0.4, 0.5) is 13.2 Å². The highest BCUT2D eigenvalue weighted by molar-refractivity contribution is 7.11. The predicted molar refractivity (Wildman–Crippen MR) is 60.7 cm³/mol. The van der Waals surface area contributed by atoms with E-state index in [2.05, 4.69) is 9.72 Å². The lowest BCUT2D eigenvalue weighted by atomic mass is 10.3. The summed E-state index contributed by atoms with van der Waals surface area (Å²) in [5.74, 6) is -0.0473. The van der Waals surface area contributed by atoms with Crippen molar-refractivity contribution < 1.29 is 27.4 Å². The molecule has 1 heterocycles. The number of thiazole rings is 1. The lowest BCUT2D eigenvalue weighted by molar-refractivity contribution is -0.274. The summed E-state index contributed by atoms with van der Waals surface area (Å²) in [6, 6.07) is 4.86. The molecule has 0 fully saturated rings. The molecule has 1 aromatic carbocycles. The number of carbonyl (C=O) groups is 1. The quantitative estimate of drug-likeness (QED) is 0.806. The molecule has 0 atom stereocenters. The number of hydrogen-bond acceptors (Lipinski definition) is 5. The van der Waals surface area contributed by atoms with Crippen molar-refractivity contribution in [3.63, 3.8) is 0 Å². The van der Waals surface area contributed by atoms with Gasteiger partial charge in [0, 0.05) is 5.38 Å². The fraction of sp³-hybridized carbons (Fsp3) is 0.0909. The van der Waals surface area contributed by atoms with Crippen LogP contribution in [-0.2, 0) is 0 Å². The van der Waals surface area contributed by atoms with Gasteiger partial charge in [-0.25, -0.2) is 0 Å². The number of benzene rings is 1. The van der Waals surface area contributed by atoms with E-state index in [9.17, 15) is 18.0 Å². The van der Waals surface area contributed by atoms with Gasteiger partial charge >= 0.3 is 6.36 Å². The van der Waals surface area contributed by atoms with Crippen LogP contribution in [-0.4, -0.2) is 17.6 Å². The second-order valence-corrected chi connectivity index (χ2v) is 4.10. The number of aromatic nitrogens is 1. The Bertz CT molecular complexity index is 565. The summed E-state index contributed by atoms with van der Waals surface area (Å²) in [6.45, 7) is 0. The number of alkyl halides is 3. The van der Waals surface area contributed by atoms with Crippen LogP contribution < -0.4 is 9.47 Å². The monoisotopic (exact) mass is 289 g/mol. The molecule has 0 aliphatic heterocycles. The van der Waals surface area contributed by atoms with E-state index >= 15 is 0 Å². The first-order valence-corrected chi connectivity index (χ1v) is 5.78. The molecule has 8 heteroatoms. The topological polar surface area (TPSA) is 48.4 Å². The van der Waals surface area contributed by atoms with Crippen LogP contribution in [0.5, 0.6) is 16.7 Å². The molecule has 0 N–H and O–H groups in total. The lowest BCUT2D eigenvalue weighted by Gasteiger charge is -2.09. The van der Waals surface area contributed by atoms with E-state index in [1.54, 1.807) is 0 Å². The molecule has 0 spiro atoms. The van der Waals surface area contributed by atoms with Crippen LogP contribution in [0.15, 0.2) is 29.6 Å². The van der Waals surface area contributed by atoms with Crippen LogP contribution in [0.1, 0.15) is 10.5 Å². The van der Waals surface area contributed by atoms with Gasteiger partial charge in [0.15, 0.2) is 6.29 Å². The molecule has 0 saturated carbocycles. The molecule has 0 aliphatic carbocycles. The molecule has 0 radical (unpaired) electrons. The summed E-state index contributed by atoms with van der Waals surface area (Å²) in [5, 5.41) is 1.73. The average molecular weight is 289 g/mol. The first-order chi connectivity index (χ1) is 8.96. The second kappa shape index (κ2) is 5.27. The van der Waals surface area contributed by atoms with Crippen LogP contribution in [0.2, 0.25) is 0 Å². The maximum atomic E-state index is 11.9. The summed E-state index contributed by atoms with van der Waals surface area (Å²) in [6.07, 6.45) is -4.15. The molecule has 0 bridgehead atoms. The van der Waals surface area contributed by atoms with Crippen molar-refractivity contribution in [3.8, 4) is 16.7 Å². The highest BCUT2D eigenvalue weighted by Gasteiger charge is 2.30. The highest BCUT2D eigenvalue weighted by atomic mass is 32.1. The van der Waals surface area contributed by atoms with Crippen LogP contribution >= 0.6 is 11.3 Å². The SMILES string of the molecule is O=Cc1csc(Oc2ccc(OC(F)(F)F)cc2)n1. The molecule has 0 amide bonds. The van der Waals surface area contributed by atoms with Gasteiger partial charge in [-0.3, -0.25) is 4.79 Å². The van der Waals surface area contributed by atoms with E-state index in [0.717, 1.165) is 23.5 Å². The number of aldehydes is 1. The molecule has 0 unspecified atom stereocenters. The summed E-state index contributed by atoms with van der Waals surface area (Å²) >= 11 is 1.11. The minimum atomic E-state index is -4.73. The summed E-state index contributed by atoms with van der Waals surface area (Å²) in [7, 11) is 0. The van der Waals surface area contributed by atoms with Crippen molar-refractivity contribution in [1.82, 2.24) is 4.98 Å². The normalized spacial score (nSPS) is 11.1. The van der Waals surface area contributed by atoms with E-state index < -0.39 is 6.36 Å². The van der Waals surface area contributed by atoms with Gasteiger partial charge < -0.3 is 9.47 Å². The smallest absolute Gasteiger partial charge is 0.431 e. The van der Waals surface area contributed by atoms with E-state index in [-0.39, 0.29) is 16.6 Å². The maximum absolute atomic E-state index is 11.9. The largest absolute Gasteiger partial charge is 0.573 e. The van der Waals surface area contributed by atoms with E-state index in [4.69, 9.17) is 4.74 Å². The average Bonchev–Trinajstić information content (AvgIpc) is 2.77. The Labute approximate surface area is 109 Å². The number of carbonyl (C=O) groups excluding carboxylic acids is 1. The number of halogens is 3. The molecule has 2 aromatic rings. The molecule has 19 heavy (non-hydrogen) atoms. The van der Waals surface area contributed by atoms with Crippen molar-refractivity contribution in [2.24, 2.45) is 0 Å². The molecule has 100 valence electrons. The van der Waals surface area contributed by atoms with Crippen LogP contribution in [0.25, 0.3) is 0 Å². The van der Waals surface area contributed by atoms with E-state index in [1.165, 1.54) is 17.5 Å². The Hall–Kier alpha value is -2.09. The highest BCUT2D eigenvalue weighted by Crippen LogP contribution is 2.28. The zero-order valence-electron chi connectivity index (χ0n) is 9.18. The third kappa shape index (κ3) is 3.95. The third-order valence-corrected chi connectivity index (χ3v) is 2.62.